The number of aromatic nitrogens is 4. The molecule has 2 N–H and O–H groups in total. The van der Waals surface area contributed by atoms with Gasteiger partial charge in [-0.3, -0.25) is 14.2 Å². The highest BCUT2D eigenvalue weighted by atomic mass is 79.9. The number of carbonyl (C=O) groups is 1. The van der Waals surface area contributed by atoms with E-state index in [9.17, 15) is 13.2 Å². The second-order valence-electron chi connectivity index (χ2n) is 6.54. The number of methoxy groups -OCH3 is 2. The summed E-state index contributed by atoms with van der Waals surface area (Å²) in [5.41, 5.74) is 1.31. The largest absolute Gasteiger partial charge is 0.481 e. The van der Waals surface area contributed by atoms with Crippen molar-refractivity contribution in [3.05, 3.63) is 46.7 Å². The average Bonchev–Trinajstić information content (AvgIpc) is 3.09. The molecule has 1 amide bonds. The Morgan fingerprint density at radius 2 is 1.88 bits per heavy atom. The number of nitrogens with one attached hydrogen (secondary N) is 2. The minimum Gasteiger partial charge on any atom is -0.481 e. The van der Waals surface area contributed by atoms with E-state index in [-0.39, 0.29) is 34.9 Å². The van der Waals surface area contributed by atoms with Gasteiger partial charge in [0.2, 0.25) is 11.8 Å². The third-order valence-electron chi connectivity index (χ3n) is 4.22. The lowest BCUT2D eigenvalue weighted by Gasteiger charge is -2.10. The van der Waals surface area contributed by atoms with Crippen molar-refractivity contribution < 1.29 is 22.7 Å². The number of amides is 1. The molecule has 11 nitrogen and oxygen atoms in total. The third-order valence-corrected chi connectivity index (χ3v) is 6.36. The molecule has 0 radical (unpaired) electrons. The number of carbonyl (C=O) groups excluding carboxylic acids is 1. The molecule has 32 heavy (non-hydrogen) atoms. The van der Waals surface area contributed by atoms with Crippen LogP contribution >= 0.6 is 15.9 Å². The summed E-state index contributed by atoms with van der Waals surface area (Å²) in [5, 5.41) is 7.01. The van der Waals surface area contributed by atoms with E-state index in [1.54, 1.807) is 10.9 Å². The fourth-order valence-electron chi connectivity index (χ4n) is 2.61. The van der Waals surface area contributed by atoms with Gasteiger partial charge in [-0.1, -0.05) is 0 Å². The Bertz CT molecular complexity index is 1170. The zero-order valence-corrected chi connectivity index (χ0v) is 19.9. The van der Waals surface area contributed by atoms with Crippen LogP contribution in [0.2, 0.25) is 0 Å². The summed E-state index contributed by atoms with van der Waals surface area (Å²) < 4.78 is 40.2. The molecule has 2 aromatic heterocycles. The van der Waals surface area contributed by atoms with E-state index in [0.717, 1.165) is 10.2 Å². The molecular formula is C19H21BrN6O5S. The van der Waals surface area contributed by atoms with Gasteiger partial charge in [-0.25, -0.2) is 8.42 Å². The topological polar surface area (TPSA) is 137 Å². The maximum Gasteiger partial charge on any atom is 0.321 e. The number of sulfonamides is 1. The summed E-state index contributed by atoms with van der Waals surface area (Å²) in [5.74, 6) is -0.0833. The molecule has 0 saturated carbocycles. The van der Waals surface area contributed by atoms with E-state index in [0.29, 0.717) is 12.2 Å². The molecule has 0 bridgehead atoms. The lowest BCUT2D eigenvalue weighted by Crippen LogP contribution is -2.16. The molecule has 0 spiro atoms. The van der Waals surface area contributed by atoms with Crippen molar-refractivity contribution in [2.24, 2.45) is 0 Å². The molecule has 0 unspecified atom stereocenters. The number of halogens is 1. The van der Waals surface area contributed by atoms with Crippen LogP contribution in [0.1, 0.15) is 12.1 Å². The quantitative estimate of drug-likeness (QED) is 0.435. The number of anilines is 2. The monoisotopic (exact) mass is 524 g/mol. The minimum atomic E-state index is -3.94. The smallest absolute Gasteiger partial charge is 0.321 e. The first-order valence-electron chi connectivity index (χ1n) is 9.29. The van der Waals surface area contributed by atoms with E-state index in [4.69, 9.17) is 9.47 Å². The number of aryl methyl sites for hydroxylation is 2. The highest BCUT2D eigenvalue weighted by Crippen LogP contribution is 2.21. The molecule has 170 valence electrons. The summed E-state index contributed by atoms with van der Waals surface area (Å²) in [7, 11) is -1.19. The summed E-state index contributed by atoms with van der Waals surface area (Å²) in [6, 6.07) is 7.04. The van der Waals surface area contributed by atoms with E-state index in [1.807, 2.05) is 6.92 Å². The van der Waals surface area contributed by atoms with Crippen molar-refractivity contribution in [1.29, 1.82) is 0 Å². The van der Waals surface area contributed by atoms with Gasteiger partial charge in [0.15, 0.2) is 5.82 Å². The van der Waals surface area contributed by atoms with Crippen LogP contribution in [0.5, 0.6) is 11.9 Å². The van der Waals surface area contributed by atoms with Crippen LogP contribution in [0.4, 0.5) is 11.5 Å². The Kier molecular flexibility index (Phi) is 7.30. The summed E-state index contributed by atoms with van der Waals surface area (Å²) in [4.78, 5) is 20.0. The first-order chi connectivity index (χ1) is 15.2. The van der Waals surface area contributed by atoms with E-state index >= 15 is 0 Å². The number of rotatable bonds is 9. The van der Waals surface area contributed by atoms with Crippen LogP contribution in [0, 0.1) is 6.92 Å². The molecule has 0 aliphatic heterocycles. The predicted molar refractivity (Wildman–Crippen MR) is 120 cm³/mol. The lowest BCUT2D eigenvalue weighted by atomic mass is 10.3. The van der Waals surface area contributed by atoms with Crippen molar-refractivity contribution in [2.75, 3.05) is 24.3 Å². The summed E-state index contributed by atoms with van der Waals surface area (Å²) in [6.45, 7) is 2.28. The van der Waals surface area contributed by atoms with Crippen molar-refractivity contribution >= 4 is 43.4 Å². The normalized spacial score (nSPS) is 11.1. The Morgan fingerprint density at radius 3 is 2.47 bits per heavy atom. The number of benzene rings is 1. The zero-order valence-electron chi connectivity index (χ0n) is 17.5. The Hall–Kier alpha value is -3.19. The number of nitrogens with zero attached hydrogens (tertiary/aromatic N) is 4. The van der Waals surface area contributed by atoms with Gasteiger partial charge >= 0.3 is 6.01 Å². The van der Waals surface area contributed by atoms with Crippen LogP contribution in [0.15, 0.2) is 45.9 Å². The molecule has 3 aromatic rings. The maximum absolute atomic E-state index is 12.7. The molecule has 0 aliphatic rings. The second-order valence-corrected chi connectivity index (χ2v) is 9.07. The van der Waals surface area contributed by atoms with Crippen LogP contribution in [-0.2, 0) is 21.4 Å². The average molecular weight is 525 g/mol. The van der Waals surface area contributed by atoms with E-state index in [2.05, 4.69) is 41.0 Å². The molecule has 13 heteroatoms. The third kappa shape index (κ3) is 5.95. The maximum atomic E-state index is 12.7. The van der Waals surface area contributed by atoms with Gasteiger partial charge in [0.05, 0.1) is 29.3 Å². The van der Waals surface area contributed by atoms with Crippen molar-refractivity contribution in [3.8, 4) is 11.9 Å². The summed E-state index contributed by atoms with van der Waals surface area (Å²) in [6.07, 6.45) is 2.02. The fraction of sp³-hybridized carbons (Fsp3) is 0.263. The Labute approximate surface area is 193 Å². The van der Waals surface area contributed by atoms with Crippen LogP contribution in [0.25, 0.3) is 0 Å². The van der Waals surface area contributed by atoms with Crippen molar-refractivity contribution in [2.45, 2.75) is 24.8 Å². The standard InChI is InChI=1S/C19H21BrN6O5S/c1-12-15(20)11-26(24-12)9-8-17(27)21-13-4-6-14(7-5-13)32(28,29)25-16-10-18(30-2)23-19(22-16)31-3/h4-7,10-11H,8-9H2,1-3H3,(H,21,27)(H,22,23,25). The lowest BCUT2D eigenvalue weighted by molar-refractivity contribution is -0.116. The van der Waals surface area contributed by atoms with Crippen LogP contribution in [-0.4, -0.2) is 48.3 Å². The highest BCUT2D eigenvalue weighted by molar-refractivity contribution is 9.10. The predicted octanol–water partition coefficient (Wildman–Crippen LogP) is 2.59. The molecule has 2 heterocycles. The van der Waals surface area contributed by atoms with Gasteiger partial charge in [-0.15, -0.1) is 0 Å². The van der Waals surface area contributed by atoms with Gasteiger partial charge < -0.3 is 14.8 Å². The van der Waals surface area contributed by atoms with Gasteiger partial charge in [-0.05, 0) is 47.1 Å². The van der Waals surface area contributed by atoms with Crippen LogP contribution in [0.3, 0.4) is 0 Å². The summed E-state index contributed by atoms with van der Waals surface area (Å²) >= 11 is 3.38. The highest BCUT2D eigenvalue weighted by Gasteiger charge is 2.17. The number of hydrogen-bond acceptors (Lipinski definition) is 8. The second kappa shape index (κ2) is 9.96. The number of hydrogen-bond donors (Lipinski definition) is 2. The Morgan fingerprint density at radius 1 is 1.16 bits per heavy atom. The van der Waals surface area contributed by atoms with Crippen molar-refractivity contribution in [3.63, 3.8) is 0 Å². The van der Waals surface area contributed by atoms with Gasteiger partial charge in [0, 0.05) is 30.9 Å². The van der Waals surface area contributed by atoms with Gasteiger partial charge in [-0.2, -0.15) is 15.1 Å². The van der Waals surface area contributed by atoms with E-state index < -0.39 is 10.0 Å². The molecule has 0 atom stereocenters. The molecule has 0 fully saturated rings. The van der Waals surface area contributed by atoms with Gasteiger partial charge in [0.25, 0.3) is 10.0 Å². The molecular weight excluding hydrogens is 504 g/mol. The SMILES string of the molecule is COc1cc(NS(=O)(=O)c2ccc(NC(=O)CCn3cc(Br)c(C)n3)cc2)nc(OC)n1. The fourth-order valence-corrected chi connectivity index (χ4v) is 3.92. The number of ether oxygens (including phenoxy) is 2. The first kappa shape index (κ1) is 23.5. The molecule has 0 saturated heterocycles. The van der Waals surface area contributed by atoms with E-state index in [1.165, 1.54) is 44.6 Å². The molecule has 1 aromatic carbocycles. The molecule has 0 aliphatic carbocycles. The Balaban J connectivity index is 1.63. The zero-order chi connectivity index (χ0) is 23.3. The minimum absolute atomic E-state index is 0.00780. The van der Waals surface area contributed by atoms with Gasteiger partial charge in [0.1, 0.15) is 0 Å². The van der Waals surface area contributed by atoms with Crippen molar-refractivity contribution in [1.82, 2.24) is 19.7 Å². The van der Waals surface area contributed by atoms with Crippen LogP contribution < -0.4 is 19.5 Å². The molecule has 3 rings (SSSR count). The first-order valence-corrected chi connectivity index (χ1v) is 11.6.